The number of H-pyrrole nitrogens is 1. The number of amides is 1. The van der Waals surface area contributed by atoms with Crippen LogP contribution in [0.1, 0.15) is 60.5 Å². The van der Waals surface area contributed by atoms with Crippen molar-refractivity contribution in [2.75, 3.05) is 12.4 Å². The van der Waals surface area contributed by atoms with Crippen molar-refractivity contribution in [3.63, 3.8) is 0 Å². The molecule has 1 unspecified atom stereocenters. The summed E-state index contributed by atoms with van der Waals surface area (Å²) < 4.78 is 6.89. The lowest BCUT2D eigenvalue weighted by molar-refractivity contribution is 0.102. The van der Waals surface area contributed by atoms with Gasteiger partial charge in [-0.25, -0.2) is 4.98 Å². The summed E-state index contributed by atoms with van der Waals surface area (Å²) in [5.41, 5.74) is 4.46. The number of nitrogens with zero attached hydrogens (tertiary/aromatic N) is 4. The molecule has 1 aliphatic carbocycles. The van der Waals surface area contributed by atoms with Gasteiger partial charge in [-0.1, -0.05) is 13.8 Å². The minimum absolute atomic E-state index is 0.0283. The Bertz CT molecular complexity index is 1020. The standard InChI is InChI=1S/C21H26N6O2/c1-13(14-5-6-18(29-4)22-10-14)27-12-15(11-23-27)24-20(28)19-16-7-8-21(2,3)9-17(16)25-26-19/h5-6,10-13H,7-9H2,1-4H3,(H,24,28)(H,25,26). The van der Waals surface area contributed by atoms with Gasteiger partial charge in [0.2, 0.25) is 5.88 Å². The van der Waals surface area contributed by atoms with Crippen molar-refractivity contribution in [2.45, 2.75) is 46.1 Å². The number of anilines is 1. The first-order chi connectivity index (χ1) is 13.9. The molecule has 0 aliphatic heterocycles. The lowest BCUT2D eigenvalue weighted by atomic mass is 9.76. The van der Waals surface area contributed by atoms with Gasteiger partial charge in [0, 0.05) is 29.7 Å². The molecule has 0 aromatic carbocycles. The van der Waals surface area contributed by atoms with Gasteiger partial charge >= 0.3 is 0 Å². The molecule has 4 rings (SSSR count). The van der Waals surface area contributed by atoms with Crippen molar-refractivity contribution in [2.24, 2.45) is 5.41 Å². The van der Waals surface area contributed by atoms with Crippen molar-refractivity contribution in [3.05, 3.63) is 53.2 Å². The van der Waals surface area contributed by atoms with E-state index in [9.17, 15) is 4.79 Å². The average molecular weight is 394 g/mol. The van der Waals surface area contributed by atoms with Gasteiger partial charge in [0.15, 0.2) is 5.69 Å². The summed E-state index contributed by atoms with van der Waals surface area (Å²) in [7, 11) is 1.59. The van der Waals surface area contributed by atoms with Crippen LogP contribution in [0.15, 0.2) is 30.7 Å². The highest BCUT2D eigenvalue weighted by Crippen LogP contribution is 2.35. The molecule has 0 fully saturated rings. The Morgan fingerprint density at radius 3 is 2.90 bits per heavy atom. The Morgan fingerprint density at radius 1 is 1.34 bits per heavy atom. The van der Waals surface area contributed by atoms with Gasteiger partial charge in [-0.15, -0.1) is 0 Å². The number of hydrogen-bond donors (Lipinski definition) is 2. The largest absolute Gasteiger partial charge is 0.481 e. The molecule has 152 valence electrons. The smallest absolute Gasteiger partial charge is 0.276 e. The quantitative estimate of drug-likeness (QED) is 0.691. The molecule has 3 aromatic rings. The molecule has 0 spiro atoms. The van der Waals surface area contributed by atoms with Crippen LogP contribution in [0.25, 0.3) is 0 Å². The highest BCUT2D eigenvalue weighted by molar-refractivity contribution is 6.03. The lowest BCUT2D eigenvalue weighted by Crippen LogP contribution is -2.23. The molecule has 3 heterocycles. The van der Waals surface area contributed by atoms with Crippen LogP contribution in [-0.4, -0.2) is 38.0 Å². The SMILES string of the molecule is COc1ccc(C(C)n2cc(NC(=O)c3n[nH]c4c3CCC(C)(C)C4)cn2)cn1. The van der Waals surface area contributed by atoms with Gasteiger partial charge in [0.25, 0.3) is 5.91 Å². The van der Waals surface area contributed by atoms with E-state index in [0.29, 0.717) is 17.3 Å². The normalized spacial score (nSPS) is 16.1. The van der Waals surface area contributed by atoms with Crippen molar-refractivity contribution in [3.8, 4) is 5.88 Å². The minimum atomic E-state index is -0.208. The number of ether oxygens (including phenoxy) is 1. The Kier molecular flexibility index (Phi) is 4.86. The number of methoxy groups -OCH3 is 1. The number of nitrogens with one attached hydrogen (secondary N) is 2. The molecule has 29 heavy (non-hydrogen) atoms. The third-order valence-electron chi connectivity index (χ3n) is 5.58. The summed E-state index contributed by atoms with van der Waals surface area (Å²) in [4.78, 5) is 17.0. The molecule has 0 saturated carbocycles. The van der Waals surface area contributed by atoms with E-state index in [4.69, 9.17) is 4.74 Å². The fraction of sp³-hybridized carbons (Fsp3) is 0.429. The van der Waals surface area contributed by atoms with Gasteiger partial charge in [-0.3, -0.25) is 14.6 Å². The molecule has 0 saturated heterocycles. The first-order valence-electron chi connectivity index (χ1n) is 9.78. The third kappa shape index (κ3) is 3.87. The van der Waals surface area contributed by atoms with Gasteiger partial charge in [-0.05, 0) is 43.2 Å². The van der Waals surface area contributed by atoms with Gasteiger partial charge in [0.05, 0.1) is 25.0 Å². The fourth-order valence-electron chi connectivity index (χ4n) is 3.75. The molecule has 0 radical (unpaired) electrons. The van der Waals surface area contributed by atoms with E-state index in [0.717, 1.165) is 36.1 Å². The Hall–Kier alpha value is -3.16. The highest BCUT2D eigenvalue weighted by atomic mass is 16.5. The Morgan fingerprint density at radius 2 is 2.17 bits per heavy atom. The maximum absolute atomic E-state index is 12.8. The van der Waals surface area contributed by atoms with Crippen LogP contribution in [-0.2, 0) is 12.8 Å². The molecule has 3 aromatic heterocycles. The Balaban J connectivity index is 1.47. The van der Waals surface area contributed by atoms with Crippen LogP contribution in [0, 0.1) is 5.41 Å². The number of carbonyl (C=O) groups is 1. The van der Waals surface area contributed by atoms with E-state index in [-0.39, 0.29) is 17.4 Å². The van der Waals surface area contributed by atoms with E-state index in [1.54, 1.807) is 24.2 Å². The molecular formula is C21H26N6O2. The number of hydrogen-bond acceptors (Lipinski definition) is 5. The summed E-state index contributed by atoms with van der Waals surface area (Å²) in [6, 6.07) is 3.74. The van der Waals surface area contributed by atoms with E-state index in [2.05, 4.69) is 39.4 Å². The predicted octanol–water partition coefficient (Wildman–Crippen LogP) is 3.39. The van der Waals surface area contributed by atoms with Crippen LogP contribution in [0.4, 0.5) is 5.69 Å². The minimum Gasteiger partial charge on any atom is -0.481 e. The van der Waals surface area contributed by atoms with E-state index >= 15 is 0 Å². The number of carbonyl (C=O) groups excluding carboxylic acids is 1. The number of pyridine rings is 1. The Labute approximate surface area is 169 Å². The van der Waals surface area contributed by atoms with Crippen LogP contribution in [0.3, 0.4) is 0 Å². The van der Waals surface area contributed by atoms with Crippen LogP contribution >= 0.6 is 0 Å². The fourth-order valence-corrected chi connectivity index (χ4v) is 3.75. The molecule has 1 aliphatic rings. The summed E-state index contributed by atoms with van der Waals surface area (Å²) in [5.74, 6) is 0.362. The number of rotatable bonds is 5. The third-order valence-corrected chi connectivity index (χ3v) is 5.58. The first-order valence-corrected chi connectivity index (χ1v) is 9.78. The molecular weight excluding hydrogens is 368 g/mol. The van der Waals surface area contributed by atoms with E-state index < -0.39 is 0 Å². The zero-order chi connectivity index (χ0) is 20.6. The predicted molar refractivity (Wildman–Crippen MR) is 109 cm³/mol. The first kappa shape index (κ1) is 19.2. The summed E-state index contributed by atoms with van der Waals surface area (Å²) in [6.45, 7) is 6.50. The topological polar surface area (TPSA) is 97.7 Å². The van der Waals surface area contributed by atoms with Crippen molar-refractivity contribution < 1.29 is 9.53 Å². The summed E-state index contributed by atoms with van der Waals surface area (Å²) in [5, 5.41) is 14.6. The lowest BCUT2D eigenvalue weighted by Gasteiger charge is -2.28. The van der Waals surface area contributed by atoms with Gasteiger partial charge in [-0.2, -0.15) is 10.2 Å². The molecule has 8 heteroatoms. The monoisotopic (exact) mass is 394 g/mol. The second kappa shape index (κ2) is 7.35. The number of aromatic amines is 1. The van der Waals surface area contributed by atoms with Crippen LogP contribution < -0.4 is 10.1 Å². The zero-order valence-corrected chi connectivity index (χ0v) is 17.2. The van der Waals surface area contributed by atoms with Crippen LogP contribution in [0.2, 0.25) is 0 Å². The van der Waals surface area contributed by atoms with Crippen molar-refractivity contribution in [1.82, 2.24) is 25.0 Å². The zero-order valence-electron chi connectivity index (χ0n) is 17.2. The molecule has 2 N–H and O–H groups in total. The van der Waals surface area contributed by atoms with E-state index in [1.165, 1.54) is 0 Å². The van der Waals surface area contributed by atoms with Crippen molar-refractivity contribution in [1.29, 1.82) is 0 Å². The second-order valence-electron chi connectivity index (χ2n) is 8.34. The summed E-state index contributed by atoms with van der Waals surface area (Å²) in [6.07, 6.45) is 8.05. The summed E-state index contributed by atoms with van der Waals surface area (Å²) >= 11 is 0. The maximum Gasteiger partial charge on any atom is 0.276 e. The molecule has 1 atom stereocenters. The van der Waals surface area contributed by atoms with E-state index in [1.807, 2.05) is 25.3 Å². The molecule has 8 nitrogen and oxygen atoms in total. The number of fused-ring (bicyclic) bond motifs is 1. The second-order valence-corrected chi connectivity index (χ2v) is 8.34. The van der Waals surface area contributed by atoms with Crippen LogP contribution in [0.5, 0.6) is 5.88 Å². The number of aromatic nitrogens is 5. The highest BCUT2D eigenvalue weighted by Gasteiger charge is 2.30. The molecule has 1 amide bonds. The maximum atomic E-state index is 12.8. The molecule has 0 bridgehead atoms. The average Bonchev–Trinajstić information content (AvgIpc) is 3.33. The van der Waals surface area contributed by atoms with Gasteiger partial charge < -0.3 is 10.1 Å². The van der Waals surface area contributed by atoms with Crippen molar-refractivity contribution >= 4 is 11.6 Å². The van der Waals surface area contributed by atoms with Gasteiger partial charge in [0.1, 0.15) is 0 Å².